The molecule has 106 valence electrons. The van der Waals surface area contributed by atoms with Crippen molar-refractivity contribution in [3.8, 4) is 5.88 Å². The van der Waals surface area contributed by atoms with Gasteiger partial charge in [-0.3, -0.25) is 0 Å². The van der Waals surface area contributed by atoms with Crippen LogP contribution >= 0.6 is 0 Å². The van der Waals surface area contributed by atoms with Gasteiger partial charge < -0.3 is 10.1 Å². The van der Waals surface area contributed by atoms with Crippen molar-refractivity contribution >= 4 is 5.82 Å². The van der Waals surface area contributed by atoms with Gasteiger partial charge in [0.2, 0.25) is 0 Å². The van der Waals surface area contributed by atoms with Crippen LogP contribution in [0.15, 0.2) is 36.4 Å². The second kappa shape index (κ2) is 6.84. The number of pyridine rings is 1. The summed E-state index contributed by atoms with van der Waals surface area (Å²) in [5.41, 5.74) is 0.890. The Morgan fingerprint density at radius 2 is 1.90 bits per heavy atom. The molecule has 0 atom stereocenters. The van der Waals surface area contributed by atoms with Crippen LogP contribution in [0.4, 0.5) is 14.6 Å². The first-order chi connectivity index (χ1) is 9.70. The molecule has 2 rings (SSSR count). The van der Waals surface area contributed by atoms with Crippen LogP contribution in [0.25, 0.3) is 0 Å². The number of hydrogen-bond donors (Lipinski definition) is 1. The molecular weight excluding hydrogens is 262 g/mol. The predicted molar refractivity (Wildman–Crippen MR) is 73.7 cm³/mol. The summed E-state index contributed by atoms with van der Waals surface area (Å²) in [6.45, 7) is 2.69. The molecule has 1 N–H and O–H groups in total. The van der Waals surface area contributed by atoms with Gasteiger partial charge in [-0.1, -0.05) is 37.3 Å². The van der Waals surface area contributed by atoms with Gasteiger partial charge in [-0.05, 0) is 12.0 Å². The first-order valence-corrected chi connectivity index (χ1v) is 6.47. The fourth-order valence-electron chi connectivity index (χ4n) is 1.64. The van der Waals surface area contributed by atoms with Crippen LogP contribution < -0.4 is 10.1 Å². The van der Waals surface area contributed by atoms with Crippen molar-refractivity contribution in [1.29, 1.82) is 0 Å². The zero-order valence-corrected chi connectivity index (χ0v) is 11.2. The summed E-state index contributed by atoms with van der Waals surface area (Å²) in [5.74, 6) is -1.71. The number of nitrogens with one attached hydrogen (secondary N) is 1. The van der Waals surface area contributed by atoms with Crippen LogP contribution in [0, 0.1) is 11.6 Å². The highest BCUT2D eigenvalue weighted by Crippen LogP contribution is 2.21. The third-order valence-corrected chi connectivity index (χ3v) is 2.66. The van der Waals surface area contributed by atoms with Crippen molar-refractivity contribution in [2.75, 3.05) is 11.9 Å². The normalized spacial score (nSPS) is 10.3. The molecule has 20 heavy (non-hydrogen) atoms. The van der Waals surface area contributed by atoms with Crippen molar-refractivity contribution in [2.24, 2.45) is 0 Å². The minimum atomic E-state index is -0.805. The molecule has 1 aromatic heterocycles. The van der Waals surface area contributed by atoms with Crippen LogP contribution in [0.1, 0.15) is 18.9 Å². The Kier molecular flexibility index (Phi) is 4.87. The van der Waals surface area contributed by atoms with E-state index < -0.39 is 11.6 Å². The number of benzene rings is 1. The molecule has 0 saturated carbocycles. The number of rotatable bonds is 6. The van der Waals surface area contributed by atoms with E-state index in [4.69, 9.17) is 4.74 Å². The van der Waals surface area contributed by atoms with Crippen LogP contribution in [0.3, 0.4) is 0 Å². The van der Waals surface area contributed by atoms with Crippen molar-refractivity contribution < 1.29 is 13.5 Å². The summed E-state index contributed by atoms with van der Waals surface area (Å²) in [5, 5.41) is 2.80. The number of aromatic nitrogens is 1. The zero-order valence-electron chi connectivity index (χ0n) is 11.2. The number of ether oxygens (including phenoxy) is 1. The highest BCUT2D eigenvalue weighted by molar-refractivity contribution is 5.39. The maximum Gasteiger partial charge on any atom is 0.252 e. The van der Waals surface area contributed by atoms with E-state index in [2.05, 4.69) is 10.3 Å². The van der Waals surface area contributed by atoms with Crippen molar-refractivity contribution in [3.05, 3.63) is 53.6 Å². The van der Waals surface area contributed by atoms with E-state index in [1.54, 1.807) is 0 Å². The molecule has 0 spiro atoms. The SMILES string of the molecule is CCCNc1nc(OCc2ccccc2)c(F)cc1F. The van der Waals surface area contributed by atoms with Gasteiger partial charge in [-0.2, -0.15) is 4.98 Å². The van der Waals surface area contributed by atoms with E-state index in [1.165, 1.54) is 0 Å². The zero-order chi connectivity index (χ0) is 14.4. The number of anilines is 1. The lowest BCUT2D eigenvalue weighted by Crippen LogP contribution is -2.07. The predicted octanol–water partition coefficient (Wildman–Crippen LogP) is 3.76. The maximum atomic E-state index is 13.6. The van der Waals surface area contributed by atoms with E-state index in [1.807, 2.05) is 37.3 Å². The summed E-state index contributed by atoms with van der Waals surface area (Å²) < 4.78 is 32.4. The van der Waals surface area contributed by atoms with E-state index in [0.29, 0.717) is 6.54 Å². The highest BCUT2D eigenvalue weighted by Gasteiger charge is 2.12. The van der Waals surface area contributed by atoms with Gasteiger partial charge in [-0.15, -0.1) is 0 Å². The van der Waals surface area contributed by atoms with Gasteiger partial charge in [0.25, 0.3) is 5.88 Å². The molecule has 2 aromatic rings. The van der Waals surface area contributed by atoms with Gasteiger partial charge in [0, 0.05) is 12.6 Å². The average Bonchev–Trinajstić information content (AvgIpc) is 2.46. The van der Waals surface area contributed by atoms with Gasteiger partial charge in [0.05, 0.1) is 0 Å². The molecule has 0 aliphatic carbocycles. The number of nitrogens with zero attached hydrogens (tertiary/aromatic N) is 1. The lowest BCUT2D eigenvalue weighted by molar-refractivity contribution is 0.276. The molecular formula is C15H16F2N2O. The first-order valence-electron chi connectivity index (χ1n) is 6.47. The van der Waals surface area contributed by atoms with Crippen LogP contribution in [-0.2, 0) is 6.61 Å². The summed E-state index contributed by atoms with van der Waals surface area (Å²) in [7, 11) is 0. The lowest BCUT2D eigenvalue weighted by Gasteiger charge is -2.10. The molecule has 0 fully saturated rings. The molecule has 1 aromatic carbocycles. The highest BCUT2D eigenvalue weighted by atomic mass is 19.1. The van der Waals surface area contributed by atoms with E-state index >= 15 is 0 Å². The monoisotopic (exact) mass is 278 g/mol. The second-order valence-electron chi connectivity index (χ2n) is 4.31. The molecule has 0 bridgehead atoms. The van der Waals surface area contributed by atoms with E-state index in [0.717, 1.165) is 18.1 Å². The van der Waals surface area contributed by atoms with Gasteiger partial charge in [-0.25, -0.2) is 8.78 Å². The van der Waals surface area contributed by atoms with Crippen molar-refractivity contribution in [1.82, 2.24) is 4.98 Å². The van der Waals surface area contributed by atoms with Crippen LogP contribution in [0.5, 0.6) is 5.88 Å². The Morgan fingerprint density at radius 1 is 1.15 bits per heavy atom. The quantitative estimate of drug-likeness (QED) is 0.873. The number of hydrogen-bond acceptors (Lipinski definition) is 3. The molecule has 0 amide bonds. The topological polar surface area (TPSA) is 34.2 Å². The van der Waals surface area contributed by atoms with E-state index in [-0.39, 0.29) is 18.3 Å². The Morgan fingerprint density at radius 3 is 2.60 bits per heavy atom. The van der Waals surface area contributed by atoms with Crippen molar-refractivity contribution in [2.45, 2.75) is 20.0 Å². The lowest BCUT2D eigenvalue weighted by atomic mass is 10.2. The molecule has 5 heteroatoms. The van der Waals surface area contributed by atoms with Gasteiger partial charge in [0.1, 0.15) is 6.61 Å². The third-order valence-electron chi connectivity index (χ3n) is 2.66. The Labute approximate surface area is 116 Å². The summed E-state index contributed by atoms with van der Waals surface area (Å²) >= 11 is 0. The fourth-order valence-corrected chi connectivity index (χ4v) is 1.64. The smallest absolute Gasteiger partial charge is 0.252 e. The largest absolute Gasteiger partial charge is 0.471 e. The molecule has 0 unspecified atom stereocenters. The second-order valence-corrected chi connectivity index (χ2v) is 4.31. The molecule has 3 nitrogen and oxygen atoms in total. The van der Waals surface area contributed by atoms with Gasteiger partial charge >= 0.3 is 0 Å². The molecule has 0 saturated heterocycles. The third kappa shape index (κ3) is 3.66. The molecule has 0 aliphatic rings. The first kappa shape index (κ1) is 14.2. The summed E-state index contributed by atoms with van der Waals surface area (Å²) in [6, 6.07) is 10.1. The molecule has 0 aliphatic heterocycles. The van der Waals surface area contributed by atoms with Crippen LogP contribution in [0.2, 0.25) is 0 Å². The van der Waals surface area contributed by atoms with E-state index in [9.17, 15) is 8.78 Å². The average molecular weight is 278 g/mol. The fraction of sp³-hybridized carbons (Fsp3) is 0.267. The maximum absolute atomic E-state index is 13.6. The number of halogens is 2. The Balaban J connectivity index is 2.10. The Bertz CT molecular complexity index is 561. The molecule has 0 radical (unpaired) electrons. The van der Waals surface area contributed by atoms with Crippen LogP contribution in [-0.4, -0.2) is 11.5 Å². The Hall–Kier alpha value is -2.17. The molecule has 1 heterocycles. The van der Waals surface area contributed by atoms with Crippen molar-refractivity contribution in [3.63, 3.8) is 0 Å². The minimum absolute atomic E-state index is 0.0105. The van der Waals surface area contributed by atoms with Gasteiger partial charge in [0.15, 0.2) is 17.5 Å². The summed E-state index contributed by atoms with van der Waals surface area (Å²) in [4.78, 5) is 3.84. The summed E-state index contributed by atoms with van der Waals surface area (Å²) in [6.07, 6.45) is 0.818. The minimum Gasteiger partial charge on any atom is -0.471 e. The standard InChI is InChI=1S/C15H16F2N2O/c1-2-8-18-14-12(16)9-13(17)15(19-14)20-10-11-6-4-3-5-7-11/h3-7,9H,2,8,10H2,1H3,(H,18,19).